The molecule has 0 N–H and O–H groups in total. The summed E-state index contributed by atoms with van der Waals surface area (Å²) in [5.41, 5.74) is 0. The molecule has 266 valence electrons. The summed E-state index contributed by atoms with van der Waals surface area (Å²) >= 11 is 0. The van der Waals surface area contributed by atoms with Crippen LogP contribution < -0.4 is 0 Å². The third-order valence-corrected chi connectivity index (χ3v) is 8.19. The van der Waals surface area contributed by atoms with E-state index in [1.54, 1.807) is 28.4 Å². The lowest BCUT2D eigenvalue weighted by molar-refractivity contribution is -0.368. The van der Waals surface area contributed by atoms with Gasteiger partial charge in [-0.25, -0.2) is 0 Å². The standard InChI is InChI=1S/C29H54O16/c1-31-13-18-22(37-7)24(38-8)27(41-11)29(44-18)45-23-19(14-32-2)43-28(26(40-10)25(23)39-9)42-15-17(34-4)21(36-6)20(35-5)16(12-30)33-3/h12,16-29H,13-15H2,1-11H3/t16?,17?,18-,19?,20?,21?,22-,23?,24+,25?,26?,27-,28?,29?/m1/s1. The summed E-state index contributed by atoms with van der Waals surface area (Å²) in [6, 6.07) is 0. The molecular formula is C29H54O16. The predicted octanol–water partition coefficient (Wildman–Crippen LogP) is -0.535. The molecular weight excluding hydrogens is 604 g/mol. The van der Waals surface area contributed by atoms with E-state index in [1.165, 1.54) is 49.8 Å². The Hall–Kier alpha value is -0.930. The molecule has 16 nitrogen and oxygen atoms in total. The van der Waals surface area contributed by atoms with Crippen molar-refractivity contribution in [1.29, 1.82) is 0 Å². The van der Waals surface area contributed by atoms with E-state index in [9.17, 15) is 4.79 Å². The van der Waals surface area contributed by atoms with Gasteiger partial charge in [-0.05, 0) is 0 Å². The number of rotatable bonds is 22. The summed E-state index contributed by atoms with van der Waals surface area (Å²) in [5, 5.41) is 0. The zero-order valence-electron chi connectivity index (χ0n) is 28.3. The van der Waals surface area contributed by atoms with E-state index in [0.29, 0.717) is 6.29 Å². The van der Waals surface area contributed by atoms with Crippen LogP contribution in [0.25, 0.3) is 0 Å². The molecule has 2 fully saturated rings. The Balaban J connectivity index is 2.32. The second kappa shape index (κ2) is 21.1. The second-order valence-electron chi connectivity index (χ2n) is 10.4. The van der Waals surface area contributed by atoms with Gasteiger partial charge in [-0.3, -0.25) is 0 Å². The summed E-state index contributed by atoms with van der Waals surface area (Å²) in [4.78, 5) is 11.6. The number of ether oxygens (including phenoxy) is 15. The highest BCUT2D eigenvalue weighted by Crippen LogP contribution is 2.34. The maximum Gasteiger partial charge on any atom is 0.187 e. The zero-order chi connectivity index (χ0) is 33.5. The van der Waals surface area contributed by atoms with Gasteiger partial charge in [-0.1, -0.05) is 0 Å². The highest BCUT2D eigenvalue weighted by molar-refractivity contribution is 5.57. The molecule has 0 aromatic heterocycles. The first-order chi connectivity index (χ1) is 21.8. The van der Waals surface area contributed by atoms with Crippen molar-refractivity contribution in [1.82, 2.24) is 0 Å². The summed E-state index contributed by atoms with van der Waals surface area (Å²) < 4.78 is 87.5. The Morgan fingerprint density at radius 3 is 1.49 bits per heavy atom. The first-order valence-electron chi connectivity index (χ1n) is 14.6. The van der Waals surface area contributed by atoms with E-state index in [0.717, 1.165) is 0 Å². The molecule has 0 aromatic rings. The molecule has 2 aliphatic rings. The molecule has 2 aliphatic heterocycles. The van der Waals surface area contributed by atoms with Crippen LogP contribution in [0.15, 0.2) is 0 Å². The molecule has 45 heavy (non-hydrogen) atoms. The van der Waals surface area contributed by atoms with Crippen LogP contribution in [0.3, 0.4) is 0 Å². The number of carbonyl (C=O) groups excluding carboxylic acids is 1. The molecule has 0 radical (unpaired) electrons. The third kappa shape index (κ3) is 9.81. The van der Waals surface area contributed by atoms with Gasteiger partial charge >= 0.3 is 0 Å². The van der Waals surface area contributed by atoms with Crippen LogP contribution in [-0.4, -0.2) is 190 Å². The van der Waals surface area contributed by atoms with Crippen molar-refractivity contribution in [2.75, 3.05) is 98.0 Å². The van der Waals surface area contributed by atoms with Gasteiger partial charge in [0.15, 0.2) is 18.9 Å². The fraction of sp³-hybridized carbons (Fsp3) is 0.966. The van der Waals surface area contributed by atoms with Crippen LogP contribution >= 0.6 is 0 Å². The molecule has 0 saturated carbocycles. The van der Waals surface area contributed by atoms with Crippen LogP contribution in [-0.2, 0) is 75.8 Å². The molecule has 0 amide bonds. The van der Waals surface area contributed by atoms with Gasteiger partial charge in [0.05, 0.1) is 19.8 Å². The smallest absolute Gasteiger partial charge is 0.187 e. The molecule has 2 rings (SSSR count). The molecule has 14 atom stereocenters. The first kappa shape index (κ1) is 40.2. The zero-order valence-corrected chi connectivity index (χ0v) is 28.3. The number of hydrogen-bond donors (Lipinski definition) is 0. The molecule has 0 spiro atoms. The van der Waals surface area contributed by atoms with Crippen molar-refractivity contribution in [3.8, 4) is 0 Å². The molecule has 16 heteroatoms. The van der Waals surface area contributed by atoms with Gasteiger partial charge in [0.1, 0.15) is 73.2 Å². The van der Waals surface area contributed by atoms with Crippen LogP contribution in [0.1, 0.15) is 0 Å². The van der Waals surface area contributed by atoms with E-state index < -0.39 is 85.8 Å². The fourth-order valence-corrected chi connectivity index (χ4v) is 5.94. The number of carbonyl (C=O) groups is 1. The van der Waals surface area contributed by atoms with Crippen molar-refractivity contribution in [3.63, 3.8) is 0 Å². The van der Waals surface area contributed by atoms with Gasteiger partial charge in [0, 0.05) is 78.2 Å². The summed E-state index contributed by atoms with van der Waals surface area (Å²) in [5.74, 6) is 0. The van der Waals surface area contributed by atoms with Crippen LogP contribution in [0.4, 0.5) is 0 Å². The maximum atomic E-state index is 11.6. The number of aldehydes is 1. The van der Waals surface area contributed by atoms with Crippen molar-refractivity contribution in [2.45, 2.75) is 85.8 Å². The largest absolute Gasteiger partial charge is 0.382 e. The van der Waals surface area contributed by atoms with E-state index in [1.807, 2.05) is 0 Å². The Kier molecular flexibility index (Phi) is 18.9. The molecule has 2 heterocycles. The summed E-state index contributed by atoms with van der Waals surface area (Å²) in [7, 11) is 16.7. The Labute approximate surface area is 266 Å². The van der Waals surface area contributed by atoms with Crippen molar-refractivity contribution < 1.29 is 75.8 Å². The predicted molar refractivity (Wildman–Crippen MR) is 155 cm³/mol. The lowest BCUT2D eigenvalue weighted by Gasteiger charge is -2.49. The average Bonchev–Trinajstić information content (AvgIpc) is 3.06. The lowest BCUT2D eigenvalue weighted by Crippen LogP contribution is -2.66. The second-order valence-corrected chi connectivity index (χ2v) is 10.4. The van der Waals surface area contributed by atoms with Gasteiger partial charge in [0.2, 0.25) is 0 Å². The van der Waals surface area contributed by atoms with Gasteiger partial charge in [-0.2, -0.15) is 0 Å². The van der Waals surface area contributed by atoms with Gasteiger partial charge in [0.25, 0.3) is 0 Å². The third-order valence-electron chi connectivity index (χ3n) is 8.19. The molecule has 2 saturated heterocycles. The molecule has 10 unspecified atom stereocenters. The molecule has 0 aliphatic carbocycles. The highest BCUT2D eigenvalue weighted by atomic mass is 16.8. The normalized spacial score (nSPS) is 35.1. The van der Waals surface area contributed by atoms with Gasteiger partial charge in [-0.15, -0.1) is 0 Å². The molecule has 0 aromatic carbocycles. The minimum absolute atomic E-state index is 0.0273. The van der Waals surface area contributed by atoms with E-state index in [2.05, 4.69) is 0 Å². The monoisotopic (exact) mass is 658 g/mol. The topological polar surface area (TPSA) is 156 Å². The van der Waals surface area contributed by atoms with Crippen molar-refractivity contribution in [2.24, 2.45) is 0 Å². The van der Waals surface area contributed by atoms with E-state index in [4.69, 9.17) is 71.1 Å². The van der Waals surface area contributed by atoms with E-state index >= 15 is 0 Å². The Morgan fingerprint density at radius 2 is 1.04 bits per heavy atom. The van der Waals surface area contributed by atoms with Gasteiger partial charge < -0.3 is 75.8 Å². The maximum absolute atomic E-state index is 11.6. The number of methoxy groups -OCH3 is 11. The fourth-order valence-electron chi connectivity index (χ4n) is 5.94. The lowest BCUT2D eigenvalue weighted by atomic mass is 9.96. The minimum Gasteiger partial charge on any atom is -0.382 e. The van der Waals surface area contributed by atoms with Crippen molar-refractivity contribution in [3.05, 3.63) is 0 Å². The Bertz CT molecular complexity index is 793. The average molecular weight is 659 g/mol. The molecule has 0 bridgehead atoms. The number of hydrogen-bond acceptors (Lipinski definition) is 16. The highest BCUT2D eigenvalue weighted by Gasteiger charge is 2.53. The summed E-state index contributed by atoms with van der Waals surface area (Å²) in [6.45, 7) is 0.323. The van der Waals surface area contributed by atoms with Crippen LogP contribution in [0.2, 0.25) is 0 Å². The first-order valence-corrected chi connectivity index (χ1v) is 14.6. The van der Waals surface area contributed by atoms with Crippen molar-refractivity contribution >= 4 is 6.29 Å². The SMILES string of the molecule is COCC1OC(OCC(OC)C(OC)C(OC)C(C=O)OC)C(OC)C(OC)C1OC1O[C@H](COC)[C@@H](OC)[C@H](OC)[C@H]1OC. The van der Waals surface area contributed by atoms with Crippen LogP contribution in [0.5, 0.6) is 0 Å². The Morgan fingerprint density at radius 1 is 0.556 bits per heavy atom. The minimum atomic E-state index is -0.947. The quantitative estimate of drug-likeness (QED) is 0.137. The summed E-state index contributed by atoms with van der Waals surface area (Å²) in [6.07, 6.45) is -9.47. The van der Waals surface area contributed by atoms with Crippen LogP contribution in [0, 0.1) is 0 Å². The van der Waals surface area contributed by atoms with E-state index in [-0.39, 0.29) is 19.8 Å².